The van der Waals surface area contributed by atoms with Gasteiger partial charge in [-0.2, -0.15) is 5.10 Å². The lowest BCUT2D eigenvalue weighted by Crippen LogP contribution is -2.45. The number of aryl methyl sites for hydroxylation is 1. The highest BCUT2D eigenvalue weighted by Gasteiger charge is 2.39. The highest BCUT2D eigenvalue weighted by Crippen LogP contribution is 2.32. The van der Waals surface area contributed by atoms with Crippen molar-refractivity contribution in [2.24, 2.45) is 18.9 Å². The molecular formula is C19H32N4O. The Morgan fingerprint density at radius 3 is 2.88 bits per heavy atom. The minimum absolute atomic E-state index is 0.0574. The van der Waals surface area contributed by atoms with Gasteiger partial charge in [0.05, 0.1) is 12.1 Å². The van der Waals surface area contributed by atoms with Gasteiger partial charge in [0.15, 0.2) is 0 Å². The lowest BCUT2D eigenvalue weighted by atomic mass is 9.88. The highest BCUT2D eigenvalue weighted by atomic mass is 16.2. The normalized spacial score (nSPS) is 28.3. The van der Waals surface area contributed by atoms with Crippen LogP contribution in [0.5, 0.6) is 0 Å². The Kier molecular flexibility index (Phi) is 5.59. The predicted octanol–water partition coefficient (Wildman–Crippen LogP) is 2.54. The van der Waals surface area contributed by atoms with Crippen molar-refractivity contribution in [2.45, 2.75) is 57.9 Å². The van der Waals surface area contributed by atoms with Gasteiger partial charge in [0.25, 0.3) is 0 Å². The van der Waals surface area contributed by atoms with E-state index in [9.17, 15) is 4.79 Å². The highest BCUT2D eigenvalue weighted by molar-refractivity contribution is 5.81. The van der Waals surface area contributed by atoms with Crippen LogP contribution in [0.25, 0.3) is 0 Å². The topological polar surface area (TPSA) is 50.2 Å². The van der Waals surface area contributed by atoms with E-state index in [0.717, 1.165) is 32.5 Å². The molecule has 3 atom stereocenters. The molecule has 1 N–H and O–H groups in total. The fourth-order valence-corrected chi connectivity index (χ4v) is 4.39. The van der Waals surface area contributed by atoms with Crippen LogP contribution in [0.1, 0.15) is 57.4 Å². The Hall–Kier alpha value is -1.36. The van der Waals surface area contributed by atoms with Crippen LogP contribution in [0.4, 0.5) is 0 Å². The maximum absolute atomic E-state index is 13.4. The molecule has 0 aliphatic carbocycles. The van der Waals surface area contributed by atoms with Crippen LogP contribution in [0.3, 0.4) is 0 Å². The number of rotatable bonds is 4. The predicted molar refractivity (Wildman–Crippen MR) is 95.7 cm³/mol. The molecule has 3 heterocycles. The molecule has 134 valence electrons. The van der Waals surface area contributed by atoms with Gasteiger partial charge in [-0.1, -0.05) is 26.7 Å². The summed E-state index contributed by atoms with van der Waals surface area (Å²) < 4.78 is 1.84. The molecule has 0 bridgehead atoms. The van der Waals surface area contributed by atoms with Crippen molar-refractivity contribution in [1.82, 2.24) is 20.0 Å². The summed E-state index contributed by atoms with van der Waals surface area (Å²) in [6, 6.07) is 0.426. The number of amides is 1. The summed E-state index contributed by atoms with van der Waals surface area (Å²) in [5, 5.41) is 7.74. The lowest BCUT2D eigenvalue weighted by Gasteiger charge is -2.34. The van der Waals surface area contributed by atoms with Crippen LogP contribution >= 0.6 is 0 Å². The summed E-state index contributed by atoms with van der Waals surface area (Å²) in [6.45, 7) is 7.15. The lowest BCUT2D eigenvalue weighted by molar-refractivity contribution is -0.138. The zero-order chi connectivity index (χ0) is 17.1. The van der Waals surface area contributed by atoms with Crippen molar-refractivity contribution in [3.05, 3.63) is 18.0 Å². The molecule has 1 unspecified atom stereocenters. The standard InChI is InChI=1S/C19H32N4O/c1-14(2)9-16-7-5-4-6-8-23(16)19(24)18-12-20-11-17(18)15-10-21-22(3)13-15/h10,13-14,16-18,20H,4-9,11-12H2,1-3H3/t16?,17-,18+/m1/s1. The Morgan fingerprint density at radius 1 is 1.33 bits per heavy atom. The summed E-state index contributed by atoms with van der Waals surface area (Å²) in [5.41, 5.74) is 1.19. The third-order valence-electron chi connectivity index (χ3n) is 5.59. The zero-order valence-electron chi connectivity index (χ0n) is 15.4. The van der Waals surface area contributed by atoms with E-state index in [1.807, 2.05) is 17.9 Å². The van der Waals surface area contributed by atoms with Gasteiger partial charge >= 0.3 is 0 Å². The maximum atomic E-state index is 13.4. The summed E-state index contributed by atoms with van der Waals surface area (Å²) in [4.78, 5) is 15.6. The summed E-state index contributed by atoms with van der Waals surface area (Å²) >= 11 is 0. The van der Waals surface area contributed by atoms with Gasteiger partial charge in [0, 0.05) is 44.8 Å². The van der Waals surface area contributed by atoms with Crippen LogP contribution in [-0.4, -0.2) is 46.3 Å². The number of carbonyl (C=O) groups excluding carboxylic acids is 1. The first kappa shape index (κ1) is 17.5. The van der Waals surface area contributed by atoms with Gasteiger partial charge in [-0.25, -0.2) is 0 Å². The van der Waals surface area contributed by atoms with Crippen LogP contribution in [-0.2, 0) is 11.8 Å². The van der Waals surface area contributed by atoms with Crippen molar-refractivity contribution in [3.63, 3.8) is 0 Å². The Bertz CT molecular complexity index is 553. The molecule has 5 nitrogen and oxygen atoms in total. The fourth-order valence-electron chi connectivity index (χ4n) is 4.39. The fraction of sp³-hybridized carbons (Fsp3) is 0.789. The van der Waals surface area contributed by atoms with E-state index in [-0.39, 0.29) is 11.8 Å². The molecule has 0 spiro atoms. The van der Waals surface area contributed by atoms with Gasteiger partial charge in [-0.05, 0) is 30.7 Å². The molecule has 24 heavy (non-hydrogen) atoms. The van der Waals surface area contributed by atoms with E-state index in [2.05, 4.69) is 35.4 Å². The second kappa shape index (κ2) is 7.68. The van der Waals surface area contributed by atoms with Crippen LogP contribution in [0, 0.1) is 11.8 Å². The average molecular weight is 332 g/mol. The van der Waals surface area contributed by atoms with Gasteiger partial charge in [0.2, 0.25) is 5.91 Å². The molecule has 2 aliphatic rings. The first-order valence-corrected chi connectivity index (χ1v) is 9.56. The van der Waals surface area contributed by atoms with E-state index in [4.69, 9.17) is 0 Å². The molecule has 1 aromatic heterocycles. The van der Waals surface area contributed by atoms with Crippen molar-refractivity contribution < 1.29 is 4.79 Å². The molecule has 2 aliphatic heterocycles. The molecule has 0 saturated carbocycles. The SMILES string of the molecule is CC(C)CC1CCCCCN1C(=O)[C@H]1CNC[C@@H]1c1cnn(C)c1. The third kappa shape index (κ3) is 3.82. The maximum Gasteiger partial charge on any atom is 0.227 e. The molecule has 2 fully saturated rings. The number of nitrogens with zero attached hydrogens (tertiary/aromatic N) is 3. The van der Waals surface area contributed by atoms with Crippen molar-refractivity contribution in [3.8, 4) is 0 Å². The molecule has 0 aromatic carbocycles. The minimum Gasteiger partial charge on any atom is -0.339 e. The Labute approximate surface area is 145 Å². The van der Waals surface area contributed by atoms with E-state index in [1.54, 1.807) is 0 Å². The van der Waals surface area contributed by atoms with E-state index in [0.29, 0.717) is 17.9 Å². The van der Waals surface area contributed by atoms with Gasteiger partial charge < -0.3 is 10.2 Å². The molecule has 2 saturated heterocycles. The number of nitrogens with one attached hydrogen (secondary N) is 1. The number of likely N-dealkylation sites (tertiary alicyclic amines) is 1. The largest absolute Gasteiger partial charge is 0.339 e. The van der Waals surface area contributed by atoms with E-state index in [1.165, 1.54) is 24.8 Å². The van der Waals surface area contributed by atoms with E-state index >= 15 is 0 Å². The first-order valence-electron chi connectivity index (χ1n) is 9.56. The molecular weight excluding hydrogens is 300 g/mol. The van der Waals surface area contributed by atoms with Crippen LogP contribution < -0.4 is 5.32 Å². The molecule has 5 heteroatoms. The summed E-state index contributed by atoms with van der Waals surface area (Å²) in [7, 11) is 1.94. The number of aromatic nitrogens is 2. The molecule has 0 radical (unpaired) electrons. The number of hydrogen-bond donors (Lipinski definition) is 1. The van der Waals surface area contributed by atoms with Gasteiger partial charge in [-0.3, -0.25) is 9.48 Å². The summed E-state index contributed by atoms with van der Waals surface area (Å²) in [6.07, 6.45) is 9.95. The average Bonchev–Trinajstić information content (AvgIpc) is 3.11. The van der Waals surface area contributed by atoms with Crippen LogP contribution in [0.2, 0.25) is 0 Å². The van der Waals surface area contributed by atoms with Crippen molar-refractivity contribution in [1.29, 1.82) is 0 Å². The van der Waals surface area contributed by atoms with E-state index < -0.39 is 0 Å². The first-order chi connectivity index (χ1) is 11.6. The van der Waals surface area contributed by atoms with Crippen molar-refractivity contribution >= 4 is 5.91 Å². The van der Waals surface area contributed by atoms with Crippen molar-refractivity contribution in [2.75, 3.05) is 19.6 Å². The second-order valence-electron chi connectivity index (χ2n) is 7.98. The zero-order valence-corrected chi connectivity index (χ0v) is 15.4. The summed E-state index contributed by atoms with van der Waals surface area (Å²) in [5.74, 6) is 1.32. The monoisotopic (exact) mass is 332 g/mol. The van der Waals surface area contributed by atoms with Gasteiger partial charge in [-0.15, -0.1) is 0 Å². The van der Waals surface area contributed by atoms with Crippen LogP contribution in [0.15, 0.2) is 12.4 Å². The Morgan fingerprint density at radius 2 is 2.17 bits per heavy atom. The van der Waals surface area contributed by atoms with Gasteiger partial charge in [0.1, 0.15) is 0 Å². The quantitative estimate of drug-likeness (QED) is 0.922. The number of carbonyl (C=O) groups is 1. The number of hydrogen-bond acceptors (Lipinski definition) is 3. The molecule has 1 amide bonds. The smallest absolute Gasteiger partial charge is 0.227 e. The second-order valence-corrected chi connectivity index (χ2v) is 7.98. The molecule has 3 rings (SSSR count). The third-order valence-corrected chi connectivity index (χ3v) is 5.59. The molecule has 1 aromatic rings. The minimum atomic E-state index is 0.0574. The Balaban J connectivity index is 1.77.